The fourth-order valence-electron chi connectivity index (χ4n) is 2.42. The second kappa shape index (κ2) is 6.60. The molecule has 1 amide bonds. The van der Waals surface area contributed by atoms with Crippen LogP contribution >= 0.6 is 23.2 Å². The molecule has 1 saturated carbocycles. The maximum absolute atomic E-state index is 11.8. The first-order chi connectivity index (χ1) is 9.06. The number of carbonyl (C=O) groups is 1. The molecule has 0 bridgehead atoms. The number of nitrogens with one attached hydrogen (secondary N) is 1. The van der Waals surface area contributed by atoms with Gasteiger partial charge in [0.1, 0.15) is 0 Å². The van der Waals surface area contributed by atoms with Crippen LogP contribution in [0.2, 0.25) is 10.0 Å². The van der Waals surface area contributed by atoms with Crippen LogP contribution in [0.4, 0.5) is 0 Å². The Labute approximate surface area is 122 Å². The quantitative estimate of drug-likeness (QED) is 0.896. The van der Waals surface area contributed by atoms with Gasteiger partial charge in [0.25, 0.3) is 0 Å². The van der Waals surface area contributed by atoms with Crippen LogP contribution < -0.4 is 5.32 Å². The number of hydrogen-bond donors (Lipinski definition) is 2. The molecular weight excluding hydrogens is 285 g/mol. The molecule has 0 heterocycles. The van der Waals surface area contributed by atoms with E-state index in [1.165, 1.54) is 0 Å². The van der Waals surface area contributed by atoms with Gasteiger partial charge >= 0.3 is 0 Å². The van der Waals surface area contributed by atoms with Crippen LogP contribution in [0, 0.1) is 5.92 Å². The van der Waals surface area contributed by atoms with Crippen LogP contribution in [0.25, 0.3) is 0 Å². The van der Waals surface area contributed by atoms with E-state index in [-0.39, 0.29) is 18.4 Å². The molecule has 1 unspecified atom stereocenters. The molecule has 0 aliphatic heterocycles. The third-order valence-corrected chi connectivity index (χ3v) is 3.90. The number of rotatable bonds is 4. The van der Waals surface area contributed by atoms with Crippen molar-refractivity contribution in [1.82, 2.24) is 5.32 Å². The fraction of sp³-hybridized carbons (Fsp3) is 0.500. The summed E-state index contributed by atoms with van der Waals surface area (Å²) < 4.78 is 0. The van der Waals surface area contributed by atoms with Gasteiger partial charge in [0, 0.05) is 22.5 Å². The van der Waals surface area contributed by atoms with Gasteiger partial charge in [-0.05, 0) is 36.6 Å². The summed E-state index contributed by atoms with van der Waals surface area (Å²) in [5.74, 6) is 0.139. The van der Waals surface area contributed by atoms with E-state index in [1.54, 1.807) is 18.2 Å². The molecular formula is C14H17Cl2NO2. The van der Waals surface area contributed by atoms with E-state index in [2.05, 4.69) is 5.32 Å². The summed E-state index contributed by atoms with van der Waals surface area (Å²) in [6.45, 7) is 0.187. The van der Waals surface area contributed by atoms with Crippen molar-refractivity contribution < 1.29 is 9.90 Å². The molecule has 1 atom stereocenters. The number of aliphatic hydroxyl groups excluding tert-OH is 1. The first kappa shape index (κ1) is 14.6. The van der Waals surface area contributed by atoms with Gasteiger partial charge in [-0.3, -0.25) is 4.79 Å². The molecule has 2 rings (SSSR count). The smallest absolute Gasteiger partial charge is 0.223 e. The van der Waals surface area contributed by atoms with Crippen molar-refractivity contribution in [2.75, 3.05) is 6.54 Å². The van der Waals surface area contributed by atoms with Crippen molar-refractivity contribution >= 4 is 29.1 Å². The molecule has 0 radical (unpaired) electrons. The van der Waals surface area contributed by atoms with E-state index < -0.39 is 6.10 Å². The summed E-state index contributed by atoms with van der Waals surface area (Å²) in [5, 5.41) is 13.8. The summed E-state index contributed by atoms with van der Waals surface area (Å²) in [5.41, 5.74) is 0.615. The van der Waals surface area contributed by atoms with Crippen LogP contribution in [0.1, 0.15) is 37.4 Å². The standard InChI is InChI=1S/C14H17Cl2NO2/c15-11-5-10(6-12(16)7-11)13(18)8-17-14(19)9-3-1-2-4-9/h5-7,9,13,18H,1-4,8H2,(H,17,19). The molecule has 0 spiro atoms. The summed E-state index contributed by atoms with van der Waals surface area (Å²) >= 11 is 11.8. The average molecular weight is 302 g/mol. The highest BCUT2D eigenvalue weighted by atomic mass is 35.5. The SMILES string of the molecule is O=C(NCC(O)c1cc(Cl)cc(Cl)c1)C1CCCC1. The van der Waals surface area contributed by atoms with Gasteiger partial charge in [-0.2, -0.15) is 0 Å². The molecule has 1 aromatic rings. The minimum absolute atomic E-state index is 0.0321. The van der Waals surface area contributed by atoms with Crippen LogP contribution in [-0.2, 0) is 4.79 Å². The summed E-state index contributed by atoms with van der Waals surface area (Å²) in [6, 6.07) is 4.91. The van der Waals surface area contributed by atoms with E-state index >= 15 is 0 Å². The lowest BCUT2D eigenvalue weighted by Crippen LogP contribution is -2.32. The van der Waals surface area contributed by atoms with Crippen molar-refractivity contribution in [3.8, 4) is 0 Å². The molecule has 2 N–H and O–H groups in total. The topological polar surface area (TPSA) is 49.3 Å². The number of amides is 1. The van der Waals surface area contributed by atoms with Gasteiger partial charge in [0.15, 0.2) is 0 Å². The maximum Gasteiger partial charge on any atom is 0.223 e. The van der Waals surface area contributed by atoms with Crippen molar-refractivity contribution in [2.24, 2.45) is 5.92 Å². The molecule has 1 aliphatic rings. The molecule has 0 aromatic heterocycles. The number of hydrogen-bond acceptors (Lipinski definition) is 2. The van der Waals surface area contributed by atoms with Crippen LogP contribution in [0.5, 0.6) is 0 Å². The first-order valence-corrected chi connectivity index (χ1v) is 7.23. The Balaban J connectivity index is 1.89. The summed E-state index contributed by atoms with van der Waals surface area (Å²) in [6.07, 6.45) is 3.34. The minimum Gasteiger partial charge on any atom is -0.387 e. The van der Waals surface area contributed by atoms with Gasteiger partial charge in [-0.15, -0.1) is 0 Å². The highest BCUT2D eigenvalue weighted by Gasteiger charge is 2.23. The molecule has 1 aromatic carbocycles. The Morgan fingerprint density at radius 3 is 2.42 bits per heavy atom. The van der Waals surface area contributed by atoms with E-state index in [0.717, 1.165) is 25.7 Å². The molecule has 1 fully saturated rings. The Morgan fingerprint density at radius 2 is 1.84 bits per heavy atom. The highest BCUT2D eigenvalue weighted by Crippen LogP contribution is 2.25. The molecule has 5 heteroatoms. The normalized spacial score (nSPS) is 17.4. The molecule has 1 aliphatic carbocycles. The van der Waals surface area contributed by atoms with Crippen molar-refractivity contribution in [3.63, 3.8) is 0 Å². The monoisotopic (exact) mass is 301 g/mol. The summed E-state index contributed by atoms with van der Waals surface area (Å²) in [4.78, 5) is 11.8. The van der Waals surface area contributed by atoms with E-state index in [0.29, 0.717) is 15.6 Å². The second-order valence-corrected chi connectivity index (χ2v) is 5.82. The second-order valence-electron chi connectivity index (χ2n) is 4.95. The van der Waals surface area contributed by atoms with Gasteiger partial charge in [-0.25, -0.2) is 0 Å². The summed E-state index contributed by atoms with van der Waals surface area (Å²) in [7, 11) is 0. The third-order valence-electron chi connectivity index (χ3n) is 3.47. The van der Waals surface area contributed by atoms with Crippen molar-refractivity contribution in [3.05, 3.63) is 33.8 Å². The zero-order valence-corrected chi connectivity index (χ0v) is 12.0. The molecule has 104 valence electrons. The van der Waals surface area contributed by atoms with E-state index in [1.807, 2.05) is 0 Å². The largest absolute Gasteiger partial charge is 0.387 e. The zero-order valence-electron chi connectivity index (χ0n) is 10.5. The lowest BCUT2D eigenvalue weighted by molar-refractivity contribution is -0.125. The predicted octanol–water partition coefficient (Wildman–Crippen LogP) is 3.33. The van der Waals surface area contributed by atoms with Gasteiger partial charge in [0.2, 0.25) is 5.91 Å². The Kier molecular flexibility index (Phi) is 5.08. The Bertz CT molecular complexity index is 439. The molecule has 0 saturated heterocycles. The zero-order chi connectivity index (χ0) is 13.8. The minimum atomic E-state index is -0.790. The predicted molar refractivity (Wildman–Crippen MR) is 76.4 cm³/mol. The Morgan fingerprint density at radius 1 is 1.26 bits per heavy atom. The van der Waals surface area contributed by atoms with Crippen molar-refractivity contribution in [1.29, 1.82) is 0 Å². The van der Waals surface area contributed by atoms with Crippen LogP contribution in [0.3, 0.4) is 0 Å². The van der Waals surface area contributed by atoms with Gasteiger partial charge in [-0.1, -0.05) is 36.0 Å². The van der Waals surface area contributed by atoms with Gasteiger partial charge in [0.05, 0.1) is 6.10 Å². The lowest BCUT2D eigenvalue weighted by atomic mass is 10.1. The van der Waals surface area contributed by atoms with Gasteiger partial charge < -0.3 is 10.4 Å². The third kappa shape index (κ3) is 4.10. The van der Waals surface area contributed by atoms with Crippen molar-refractivity contribution in [2.45, 2.75) is 31.8 Å². The average Bonchev–Trinajstić information content (AvgIpc) is 2.88. The Hall–Kier alpha value is -0.770. The molecule has 3 nitrogen and oxygen atoms in total. The van der Waals surface area contributed by atoms with E-state index in [4.69, 9.17) is 23.2 Å². The van der Waals surface area contributed by atoms with Crippen LogP contribution in [0.15, 0.2) is 18.2 Å². The highest BCUT2D eigenvalue weighted by molar-refractivity contribution is 6.34. The first-order valence-electron chi connectivity index (χ1n) is 6.48. The van der Waals surface area contributed by atoms with Crippen LogP contribution in [-0.4, -0.2) is 17.6 Å². The number of halogens is 2. The maximum atomic E-state index is 11.8. The lowest BCUT2D eigenvalue weighted by Gasteiger charge is -2.15. The number of benzene rings is 1. The number of aliphatic hydroxyl groups is 1. The fourth-order valence-corrected chi connectivity index (χ4v) is 2.96. The number of carbonyl (C=O) groups excluding carboxylic acids is 1. The van der Waals surface area contributed by atoms with E-state index in [9.17, 15) is 9.90 Å². The molecule has 19 heavy (non-hydrogen) atoms.